The Bertz CT molecular complexity index is 257. The second-order valence-corrected chi connectivity index (χ2v) is 6.06. The fraction of sp³-hybridized carbons (Fsp3) is 1.00. The van der Waals surface area contributed by atoms with Gasteiger partial charge in [-0.2, -0.15) is 0 Å². The molecule has 4 heteroatoms. The highest BCUT2D eigenvalue weighted by atomic mass is 16.5. The predicted octanol–water partition coefficient (Wildman–Crippen LogP) is 1.50. The summed E-state index contributed by atoms with van der Waals surface area (Å²) in [5, 5.41) is 3.65. The lowest BCUT2D eigenvalue weighted by Crippen LogP contribution is -2.60. The molecular weight excluding hydrogens is 240 g/mol. The maximum atomic E-state index is 5.65. The van der Waals surface area contributed by atoms with Gasteiger partial charge in [-0.25, -0.2) is 0 Å². The molecule has 0 aromatic carbocycles. The molecule has 4 atom stereocenters. The van der Waals surface area contributed by atoms with Gasteiger partial charge >= 0.3 is 0 Å². The Morgan fingerprint density at radius 2 is 2.05 bits per heavy atom. The molecule has 19 heavy (non-hydrogen) atoms. The molecule has 0 spiro atoms. The van der Waals surface area contributed by atoms with Gasteiger partial charge in [0.05, 0.1) is 12.2 Å². The van der Waals surface area contributed by atoms with Crippen LogP contribution in [0, 0.1) is 5.92 Å². The number of nitrogens with zero attached hydrogens (tertiary/aromatic N) is 1. The van der Waals surface area contributed by atoms with Crippen LogP contribution in [-0.2, 0) is 9.47 Å². The van der Waals surface area contributed by atoms with E-state index in [1.54, 1.807) is 7.11 Å². The molecule has 4 unspecified atom stereocenters. The summed E-state index contributed by atoms with van der Waals surface area (Å²) in [7, 11) is 1.79. The van der Waals surface area contributed by atoms with Crippen LogP contribution >= 0.6 is 0 Å². The average molecular weight is 270 g/mol. The van der Waals surface area contributed by atoms with E-state index >= 15 is 0 Å². The molecule has 0 radical (unpaired) electrons. The first-order valence-electron chi connectivity index (χ1n) is 7.84. The fourth-order valence-electron chi connectivity index (χ4n) is 3.30. The third-order valence-electron chi connectivity index (χ3n) is 4.40. The Hall–Kier alpha value is -0.160. The number of hydrogen-bond acceptors (Lipinski definition) is 4. The van der Waals surface area contributed by atoms with Gasteiger partial charge in [-0.15, -0.1) is 0 Å². The van der Waals surface area contributed by atoms with E-state index in [4.69, 9.17) is 9.47 Å². The van der Waals surface area contributed by atoms with Crippen molar-refractivity contribution in [2.24, 2.45) is 5.92 Å². The summed E-state index contributed by atoms with van der Waals surface area (Å²) in [6.07, 6.45) is 4.37. The highest BCUT2D eigenvalue weighted by Gasteiger charge is 2.41. The summed E-state index contributed by atoms with van der Waals surface area (Å²) in [6.45, 7) is 10.1. The van der Waals surface area contributed by atoms with E-state index in [0.717, 1.165) is 19.6 Å². The zero-order valence-corrected chi connectivity index (χ0v) is 12.7. The van der Waals surface area contributed by atoms with Crippen LogP contribution in [0.15, 0.2) is 0 Å². The SMILES string of the molecule is CCOC1CC(NCC(C)CN2CCCC2)C1OC. The standard InChI is InChI=1S/C15H30N2O2/c1-4-19-14-9-13(15(14)18-3)16-10-12(2)11-17-7-5-6-8-17/h12-16H,4-11H2,1-3H3. The lowest BCUT2D eigenvalue weighted by Gasteiger charge is -2.44. The van der Waals surface area contributed by atoms with Gasteiger partial charge in [-0.3, -0.25) is 0 Å². The van der Waals surface area contributed by atoms with Crippen molar-refractivity contribution < 1.29 is 9.47 Å². The normalized spacial score (nSPS) is 33.3. The van der Waals surface area contributed by atoms with Crippen molar-refractivity contribution >= 4 is 0 Å². The fourth-order valence-corrected chi connectivity index (χ4v) is 3.30. The summed E-state index contributed by atoms with van der Waals surface area (Å²) in [5.41, 5.74) is 0. The molecule has 112 valence electrons. The topological polar surface area (TPSA) is 33.7 Å². The van der Waals surface area contributed by atoms with Gasteiger partial charge in [0.25, 0.3) is 0 Å². The van der Waals surface area contributed by atoms with E-state index in [1.165, 1.54) is 32.5 Å². The second-order valence-electron chi connectivity index (χ2n) is 6.06. The van der Waals surface area contributed by atoms with Crippen LogP contribution in [0.3, 0.4) is 0 Å². The third kappa shape index (κ3) is 4.15. The minimum absolute atomic E-state index is 0.235. The molecule has 1 saturated heterocycles. The van der Waals surface area contributed by atoms with Crippen molar-refractivity contribution in [1.29, 1.82) is 0 Å². The van der Waals surface area contributed by atoms with Gasteiger partial charge in [0.15, 0.2) is 0 Å². The monoisotopic (exact) mass is 270 g/mol. The zero-order chi connectivity index (χ0) is 13.7. The van der Waals surface area contributed by atoms with Crippen molar-refractivity contribution in [3.63, 3.8) is 0 Å². The molecule has 0 aromatic heterocycles. The smallest absolute Gasteiger partial charge is 0.0986 e. The van der Waals surface area contributed by atoms with Crippen LogP contribution in [0.4, 0.5) is 0 Å². The molecule has 2 rings (SSSR count). The third-order valence-corrected chi connectivity index (χ3v) is 4.40. The van der Waals surface area contributed by atoms with Crippen molar-refractivity contribution in [2.45, 2.75) is 51.4 Å². The molecule has 2 aliphatic rings. The first kappa shape index (κ1) is 15.2. The van der Waals surface area contributed by atoms with E-state index in [9.17, 15) is 0 Å². The first-order chi connectivity index (χ1) is 9.24. The lowest BCUT2D eigenvalue weighted by atomic mass is 9.85. The molecule has 1 aliphatic heterocycles. The van der Waals surface area contributed by atoms with Crippen molar-refractivity contribution in [2.75, 3.05) is 39.9 Å². The summed E-state index contributed by atoms with van der Waals surface area (Å²) >= 11 is 0. The van der Waals surface area contributed by atoms with E-state index in [1.807, 2.05) is 6.92 Å². The van der Waals surface area contributed by atoms with Crippen LogP contribution in [0.5, 0.6) is 0 Å². The molecule has 0 aromatic rings. The average Bonchev–Trinajstić information content (AvgIpc) is 2.86. The number of nitrogens with one attached hydrogen (secondary N) is 1. The lowest BCUT2D eigenvalue weighted by molar-refractivity contribution is -0.131. The first-order valence-corrected chi connectivity index (χ1v) is 7.84. The molecule has 1 aliphatic carbocycles. The quantitative estimate of drug-likeness (QED) is 0.725. The zero-order valence-electron chi connectivity index (χ0n) is 12.7. The summed E-state index contributed by atoms with van der Waals surface area (Å²) < 4.78 is 11.2. The van der Waals surface area contributed by atoms with Gasteiger partial charge < -0.3 is 19.7 Å². The van der Waals surface area contributed by atoms with E-state index < -0.39 is 0 Å². The number of hydrogen-bond donors (Lipinski definition) is 1. The number of likely N-dealkylation sites (tertiary alicyclic amines) is 1. The predicted molar refractivity (Wildman–Crippen MR) is 77.5 cm³/mol. The Kier molecular flexibility index (Phi) is 6.07. The molecule has 1 N–H and O–H groups in total. The largest absolute Gasteiger partial charge is 0.377 e. The Morgan fingerprint density at radius 1 is 1.32 bits per heavy atom. The molecule has 0 amide bonds. The van der Waals surface area contributed by atoms with Gasteiger partial charge in [0.1, 0.15) is 0 Å². The van der Waals surface area contributed by atoms with Crippen molar-refractivity contribution in [3.8, 4) is 0 Å². The Labute approximate surface area is 117 Å². The molecule has 1 heterocycles. The molecule has 0 bridgehead atoms. The van der Waals surface area contributed by atoms with Gasteiger partial charge in [-0.05, 0) is 51.7 Å². The minimum atomic E-state index is 0.235. The van der Waals surface area contributed by atoms with Gasteiger partial charge in [-0.1, -0.05) is 6.92 Å². The van der Waals surface area contributed by atoms with E-state index in [0.29, 0.717) is 18.1 Å². The maximum Gasteiger partial charge on any atom is 0.0986 e. The Balaban J connectivity index is 1.62. The Morgan fingerprint density at radius 3 is 2.68 bits per heavy atom. The summed E-state index contributed by atoms with van der Waals surface area (Å²) in [5.74, 6) is 0.710. The van der Waals surface area contributed by atoms with Crippen LogP contribution in [0.1, 0.15) is 33.1 Å². The highest BCUT2D eigenvalue weighted by Crippen LogP contribution is 2.27. The molecule has 2 fully saturated rings. The highest BCUT2D eigenvalue weighted by molar-refractivity contribution is 4.97. The van der Waals surface area contributed by atoms with Gasteiger partial charge in [0, 0.05) is 26.3 Å². The number of rotatable bonds is 8. The summed E-state index contributed by atoms with van der Waals surface area (Å²) in [4.78, 5) is 2.59. The van der Waals surface area contributed by atoms with Crippen LogP contribution in [-0.4, -0.2) is 63.0 Å². The number of methoxy groups -OCH3 is 1. The van der Waals surface area contributed by atoms with E-state index in [-0.39, 0.29) is 6.10 Å². The van der Waals surface area contributed by atoms with Crippen LogP contribution < -0.4 is 5.32 Å². The summed E-state index contributed by atoms with van der Waals surface area (Å²) in [6, 6.07) is 0.475. The molecule has 4 nitrogen and oxygen atoms in total. The van der Waals surface area contributed by atoms with Crippen molar-refractivity contribution in [1.82, 2.24) is 10.2 Å². The van der Waals surface area contributed by atoms with Crippen LogP contribution in [0.2, 0.25) is 0 Å². The second kappa shape index (κ2) is 7.58. The molecular formula is C15H30N2O2. The van der Waals surface area contributed by atoms with Crippen LogP contribution in [0.25, 0.3) is 0 Å². The maximum absolute atomic E-state index is 5.65. The minimum Gasteiger partial charge on any atom is -0.377 e. The van der Waals surface area contributed by atoms with Gasteiger partial charge in [0.2, 0.25) is 0 Å². The van der Waals surface area contributed by atoms with Crippen molar-refractivity contribution in [3.05, 3.63) is 0 Å². The van der Waals surface area contributed by atoms with E-state index in [2.05, 4.69) is 17.1 Å². The molecule has 1 saturated carbocycles. The number of ether oxygens (including phenoxy) is 2.